The lowest BCUT2D eigenvalue weighted by atomic mass is 9.73. The molecule has 138 valence electrons. The summed E-state index contributed by atoms with van der Waals surface area (Å²) >= 11 is 0. The van der Waals surface area contributed by atoms with Gasteiger partial charge < -0.3 is 5.32 Å². The van der Waals surface area contributed by atoms with Crippen LogP contribution >= 0.6 is 0 Å². The van der Waals surface area contributed by atoms with Crippen LogP contribution in [0, 0.1) is 5.92 Å². The van der Waals surface area contributed by atoms with Crippen LogP contribution in [0.4, 0.5) is 4.79 Å². The lowest BCUT2D eigenvalue weighted by molar-refractivity contribution is -0.135. The minimum atomic E-state index is -0.657. The monoisotopic (exact) mass is 353 g/mol. The van der Waals surface area contributed by atoms with Crippen LogP contribution in [-0.2, 0) is 4.79 Å². The van der Waals surface area contributed by atoms with Gasteiger partial charge in [-0.05, 0) is 36.3 Å². The van der Waals surface area contributed by atoms with Gasteiger partial charge in [-0.1, -0.05) is 56.2 Å². The highest BCUT2D eigenvalue weighted by Gasteiger charge is 2.55. The van der Waals surface area contributed by atoms with Crippen molar-refractivity contribution in [2.75, 3.05) is 19.8 Å². The second-order valence-electron chi connectivity index (χ2n) is 7.85. The number of carbonyl (C=O) groups excluding carboxylic acids is 2. The summed E-state index contributed by atoms with van der Waals surface area (Å²) in [5.74, 6) is 0.191. The number of nitrogens with one attached hydrogen (secondary N) is 1. The van der Waals surface area contributed by atoms with Crippen molar-refractivity contribution in [2.24, 2.45) is 5.92 Å². The van der Waals surface area contributed by atoms with Crippen LogP contribution in [0.15, 0.2) is 36.4 Å². The van der Waals surface area contributed by atoms with Crippen LogP contribution in [0.2, 0.25) is 0 Å². The average molecular weight is 353 g/mol. The van der Waals surface area contributed by atoms with E-state index >= 15 is 0 Å². The van der Waals surface area contributed by atoms with Gasteiger partial charge in [0.1, 0.15) is 5.54 Å². The fourth-order valence-corrected chi connectivity index (χ4v) is 4.58. The van der Waals surface area contributed by atoms with Crippen LogP contribution in [0.1, 0.15) is 44.6 Å². The molecule has 1 aliphatic carbocycles. The summed E-state index contributed by atoms with van der Waals surface area (Å²) in [6, 6.07) is 10.2. The number of hydrogen-bond acceptors (Lipinski definition) is 3. The van der Waals surface area contributed by atoms with Crippen molar-refractivity contribution in [3.8, 4) is 0 Å². The van der Waals surface area contributed by atoms with Crippen LogP contribution in [-0.4, -0.2) is 47.0 Å². The molecule has 5 heteroatoms. The summed E-state index contributed by atoms with van der Waals surface area (Å²) in [5.41, 5.74) is 1.95. The summed E-state index contributed by atoms with van der Waals surface area (Å²) in [6.45, 7) is 4.11. The molecule has 1 aromatic carbocycles. The summed E-state index contributed by atoms with van der Waals surface area (Å²) in [5, 5.41) is 3.04. The number of benzene rings is 1. The van der Waals surface area contributed by atoms with Gasteiger partial charge in [0.2, 0.25) is 0 Å². The molecule has 2 unspecified atom stereocenters. The first-order chi connectivity index (χ1) is 12.6. The van der Waals surface area contributed by atoms with Crippen molar-refractivity contribution in [3.63, 3.8) is 0 Å². The molecule has 26 heavy (non-hydrogen) atoms. The Morgan fingerprint density at radius 2 is 2.00 bits per heavy atom. The van der Waals surface area contributed by atoms with Gasteiger partial charge in [0.05, 0.1) is 6.67 Å². The normalized spacial score (nSPS) is 29.8. The molecule has 5 nitrogen and oxygen atoms in total. The zero-order valence-corrected chi connectivity index (χ0v) is 15.4. The Bertz CT molecular complexity index is 730. The SMILES string of the molecule is CC1CCCCC12NC(=O)N(CN1CC=C(c3ccccc3)CC1)C2=O. The molecule has 1 aromatic rings. The fourth-order valence-electron chi connectivity index (χ4n) is 4.58. The van der Waals surface area contributed by atoms with Crippen molar-refractivity contribution >= 4 is 17.5 Å². The van der Waals surface area contributed by atoms with E-state index in [0.717, 1.165) is 45.2 Å². The van der Waals surface area contributed by atoms with Gasteiger partial charge >= 0.3 is 6.03 Å². The first-order valence-electron chi connectivity index (χ1n) is 9.71. The molecule has 2 fully saturated rings. The lowest BCUT2D eigenvalue weighted by Crippen LogP contribution is -2.54. The molecule has 1 saturated carbocycles. The van der Waals surface area contributed by atoms with E-state index in [1.165, 1.54) is 16.0 Å². The number of hydrogen-bond donors (Lipinski definition) is 1. The molecular weight excluding hydrogens is 326 g/mol. The Balaban J connectivity index is 1.43. The first-order valence-corrected chi connectivity index (χ1v) is 9.71. The Kier molecular flexibility index (Phi) is 4.57. The summed E-state index contributed by atoms with van der Waals surface area (Å²) in [7, 11) is 0. The van der Waals surface area contributed by atoms with E-state index in [1.54, 1.807) is 0 Å². The van der Waals surface area contributed by atoms with Crippen molar-refractivity contribution in [3.05, 3.63) is 42.0 Å². The van der Waals surface area contributed by atoms with E-state index in [-0.39, 0.29) is 17.9 Å². The summed E-state index contributed by atoms with van der Waals surface area (Å²) in [4.78, 5) is 29.2. The van der Waals surface area contributed by atoms with Gasteiger partial charge in [0.25, 0.3) is 5.91 Å². The van der Waals surface area contributed by atoms with Crippen molar-refractivity contribution < 1.29 is 9.59 Å². The number of amides is 3. The number of rotatable bonds is 3. The van der Waals surface area contributed by atoms with Crippen molar-refractivity contribution in [1.82, 2.24) is 15.1 Å². The molecule has 0 radical (unpaired) electrons. The summed E-state index contributed by atoms with van der Waals surface area (Å²) in [6.07, 6.45) is 7.09. The van der Waals surface area contributed by atoms with E-state index < -0.39 is 5.54 Å². The second-order valence-corrected chi connectivity index (χ2v) is 7.85. The molecule has 1 spiro atoms. The van der Waals surface area contributed by atoms with E-state index in [2.05, 4.69) is 47.5 Å². The van der Waals surface area contributed by atoms with Crippen LogP contribution < -0.4 is 5.32 Å². The van der Waals surface area contributed by atoms with Gasteiger partial charge in [0, 0.05) is 13.1 Å². The van der Waals surface area contributed by atoms with Gasteiger partial charge in [-0.3, -0.25) is 9.69 Å². The zero-order valence-electron chi connectivity index (χ0n) is 15.4. The van der Waals surface area contributed by atoms with Crippen molar-refractivity contribution in [1.29, 1.82) is 0 Å². The zero-order chi connectivity index (χ0) is 18.1. The second kappa shape index (κ2) is 6.88. The molecule has 0 aromatic heterocycles. The molecule has 2 aliphatic heterocycles. The molecule has 3 amide bonds. The predicted molar refractivity (Wildman–Crippen MR) is 101 cm³/mol. The largest absolute Gasteiger partial charge is 0.326 e. The molecule has 2 heterocycles. The number of urea groups is 1. The molecule has 1 saturated heterocycles. The van der Waals surface area contributed by atoms with Gasteiger partial charge in [-0.15, -0.1) is 0 Å². The van der Waals surface area contributed by atoms with Gasteiger partial charge in [-0.2, -0.15) is 0 Å². The molecule has 3 aliphatic rings. The molecule has 1 N–H and O–H groups in total. The number of carbonyl (C=O) groups is 2. The number of nitrogens with zero attached hydrogens (tertiary/aromatic N) is 2. The quantitative estimate of drug-likeness (QED) is 0.849. The third-order valence-electron chi connectivity index (χ3n) is 6.28. The Hall–Kier alpha value is -2.14. The van der Waals surface area contributed by atoms with E-state index in [4.69, 9.17) is 0 Å². The smallest absolute Gasteiger partial charge is 0.323 e. The third-order valence-corrected chi connectivity index (χ3v) is 6.28. The maximum Gasteiger partial charge on any atom is 0.326 e. The maximum atomic E-state index is 13.1. The Labute approximate surface area is 155 Å². The molecule has 0 bridgehead atoms. The molecular formula is C21H27N3O2. The Morgan fingerprint density at radius 3 is 2.69 bits per heavy atom. The maximum absolute atomic E-state index is 13.1. The minimum Gasteiger partial charge on any atom is -0.323 e. The van der Waals surface area contributed by atoms with Gasteiger partial charge in [0.15, 0.2) is 0 Å². The third kappa shape index (κ3) is 2.94. The molecule has 4 rings (SSSR count). The highest BCUT2D eigenvalue weighted by Crippen LogP contribution is 2.38. The standard InChI is InChI=1S/C21H27N3O2/c1-16-7-5-6-12-21(16)19(25)24(20(26)22-21)15-23-13-10-18(11-14-23)17-8-3-2-4-9-17/h2-4,8-10,16H,5-7,11-15H2,1H3,(H,22,26). The first kappa shape index (κ1) is 17.3. The van der Waals surface area contributed by atoms with Crippen LogP contribution in [0.5, 0.6) is 0 Å². The topological polar surface area (TPSA) is 52.7 Å². The van der Waals surface area contributed by atoms with Gasteiger partial charge in [-0.25, -0.2) is 9.69 Å². The number of imide groups is 1. The van der Waals surface area contributed by atoms with E-state index in [9.17, 15) is 9.59 Å². The predicted octanol–water partition coefficient (Wildman–Crippen LogP) is 3.23. The molecule has 2 atom stereocenters. The van der Waals surface area contributed by atoms with Crippen LogP contribution in [0.3, 0.4) is 0 Å². The Morgan fingerprint density at radius 1 is 1.19 bits per heavy atom. The minimum absolute atomic E-state index is 0.0208. The summed E-state index contributed by atoms with van der Waals surface area (Å²) < 4.78 is 0. The van der Waals surface area contributed by atoms with Crippen LogP contribution in [0.25, 0.3) is 5.57 Å². The fraction of sp³-hybridized carbons (Fsp3) is 0.524. The highest BCUT2D eigenvalue weighted by atomic mass is 16.2. The van der Waals surface area contributed by atoms with Crippen molar-refractivity contribution in [2.45, 2.75) is 44.6 Å². The average Bonchev–Trinajstić information content (AvgIpc) is 2.90. The lowest BCUT2D eigenvalue weighted by Gasteiger charge is -2.37. The van der Waals surface area contributed by atoms with E-state index in [0.29, 0.717) is 6.67 Å². The van der Waals surface area contributed by atoms with E-state index in [1.807, 2.05) is 6.07 Å². The highest BCUT2D eigenvalue weighted by molar-refractivity contribution is 6.07.